The summed E-state index contributed by atoms with van der Waals surface area (Å²) in [5.74, 6) is 0. The van der Waals surface area contributed by atoms with Gasteiger partial charge in [-0.05, 0) is 41.5 Å². The van der Waals surface area contributed by atoms with Crippen molar-refractivity contribution in [1.82, 2.24) is 23.8 Å². The van der Waals surface area contributed by atoms with E-state index in [1.165, 1.54) is 0 Å². The Balaban J connectivity index is 1.29. The molecule has 8 rings (SSSR count). The van der Waals surface area contributed by atoms with Gasteiger partial charge in [-0.1, -0.05) is 78.9 Å². The second-order valence-corrected chi connectivity index (χ2v) is 9.47. The van der Waals surface area contributed by atoms with Gasteiger partial charge in [-0.2, -0.15) is 0 Å². The van der Waals surface area contributed by atoms with Gasteiger partial charge in [0, 0.05) is 40.5 Å². The minimum Gasteiger partial charge on any atom is -0.306 e. The summed E-state index contributed by atoms with van der Waals surface area (Å²) in [7, 11) is 0. The fourth-order valence-corrected chi connectivity index (χ4v) is 5.31. The molecule has 0 atom stereocenters. The van der Waals surface area contributed by atoms with Crippen molar-refractivity contribution >= 4 is 33.2 Å². The largest absolute Gasteiger partial charge is 0.306 e. The van der Waals surface area contributed by atoms with E-state index in [4.69, 9.17) is 15.0 Å². The van der Waals surface area contributed by atoms with Crippen LogP contribution in [-0.2, 0) is 0 Å². The number of imidazole rings is 2. The maximum Gasteiger partial charge on any atom is 0.165 e. The molecule has 3 aromatic carbocycles. The maximum absolute atomic E-state index is 5.17. The Morgan fingerprint density at radius 2 is 1.26 bits per heavy atom. The molecule has 0 saturated carbocycles. The average Bonchev–Trinajstić information content (AvgIpc) is 3.59. The van der Waals surface area contributed by atoms with E-state index >= 15 is 0 Å². The third-order valence-electron chi connectivity index (χ3n) is 7.16. The summed E-state index contributed by atoms with van der Waals surface area (Å²) in [4.78, 5) is 14.9. The van der Waals surface area contributed by atoms with Gasteiger partial charge in [-0.3, -0.25) is 4.40 Å². The van der Waals surface area contributed by atoms with Crippen LogP contribution in [0.25, 0.3) is 66.9 Å². The van der Waals surface area contributed by atoms with E-state index in [1.807, 2.05) is 42.6 Å². The lowest BCUT2D eigenvalue weighted by Crippen LogP contribution is -1.92. The number of pyridine rings is 3. The van der Waals surface area contributed by atoms with Crippen molar-refractivity contribution < 1.29 is 0 Å². The van der Waals surface area contributed by atoms with Crippen LogP contribution in [0.2, 0.25) is 0 Å². The van der Waals surface area contributed by atoms with Crippen LogP contribution in [-0.4, -0.2) is 23.8 Å². The quantitative estimate of drug-likeness (QED) is 0.257. The molecule has 0 aliphatic heterocycles. The number of hydrogen-bond acceptors (Lipinski definition) is 3. The van der Waals surface area contributed by atoms with Crippen molar-refractivity contribution in [2.24, 2.45) is 0 Å². The predicted octanol–water partition coefficient (Wildman–Crippen LogP) is 7.68. The molecule has 38 heavy (non-hydrogen) atoms. The number of rotatable bonds is 3. The van der Waals surface area contributed by atoms with Crippen LogP contribution < -0.4 is 0 Å². The Morgan fingerprint density at radius 3 is 2.18 bits per heavy atom. The Labute approximate surface area is 218 Å². The molecule has 5 aromatic heterocycles. The molecule has 0 aliphatic rings. The SMILES string of the molecule is c1ccc(-c2cn3ccc(-c4cccc(-c5nc6c(nc7ccccn76)c6ccccc56)c4)cc3n2)cc1. The van der Waals surface area contributed by atoms with Gasteiger partial charge in [0.05, 0.1) is 11.4 Å². The second-order valence-electron chi connectivity index (χ2n) is 9.47. The minimum atomic E-state index is 0.868. The van der Waals surface area contributed by atoms with Gasteiger partial charge in [-0.15, -0.1) is 0 Å². The van der Waals surface area contributed by atoms with Crippen LogP contribution in [0.15, 0.2) is 128 Å². The molecule has 0 saturated heterocycles. The molecule has 5 heteroatoms. The zero-order valence-electron chi connectivity index (χ0n) is 20.4. The van der Waals surface area contributed by atoms with Gasteiger partial charge in [-0.25, -0.2) is 15.0 Å². The van der Waals surface area contributed by atoms with Gasteiger partial charge < -0.3 is 4.40 Å². The number of hydrogen-bond donors (Lipinski definition) is 0. The molecule has 0 N–H and O–H groups in total. The first kappa shape index (κ1) is 20.9. The summed E-state index contributed by atoms with van der Waals surface area (Å²) in [5, 5.41) is 2.20. The summed E-state index contributed by atoms with van der Waals surface area (Å²) in [6, 6.07) is 37.6. The molecule has 0 radical (unpaired) electrons. The van der Waals surface area contributed by atoms with E-state index in [2.05, 4.69) is 94.0 Å². The summed E-state index contributed by atoms with van der Waals surface area (Å²) in [6.07, 6.45) is 6.18. The lowest BCUT2D eigenvalue weighted by atomic mass is 9.99. The molecule has 0 spiro atoms. The first-order valence-corrected chi connectivity index (χ1v) is 12.6. The number of fused-ring (bicyclic) bond motifs is 6. The molecule has 0 amide bonds. The molecule has 0 fully saturated rings. The fraction of sp³-hybridized carbons (Fsp3) is 0. The van der Waals surface area contributed by atoms with Crippen molar-refractivity contribution in [3.63, 3.8) is 0 Å². The summed E-state index contributed by atoms with van der Waals surface area (Å²) >= 11 is 0. The Hall–Kier alpha value is -5.29. The van der Waals surface area contributed by atoms with Crippen molar-refractivity contribution in [2.45, 2.75) is 0 Å². The normalized spacial score (nSPS) is 11.7. The highest BCUT2D eigenvalue weighted by molar-refractivity contribution is 6.09. The third kappa shape index (κ3) is 3.22. The summed E-state index contributed by atoms with van der Waals surface area (Å²) in [5.41, 5.74) is 9.94. The van der Waals surface area contributed by atoms with Gasteiger partial charge in [0.2, 0.25) is 0 Å². The zero-order valence-corrected chi connectivity index (χ0v) is 20.4. The Kier molecular flexibility index (Phi) is 4.45. The fourth-order valence-electron chi connectivity index (χ4n) is 5.31. The molecule has 178 valence electrons. The maximum atomic E-state index is 5.17. The predicted molar refractivity (Wildman–Crippen MR) is 153 cm³/mol. The van der Waals surface area contributed by atoms with Crippen molar-refractivity contribution in [3.8, 4) is 33.6 Å². The third-order valence-corrected chi connectivity index (χ3v) is 7.16. The van der Waals surface area contributed by atoms with Crippen LogP contribution in [0.5, 0.6) is 0 Å². The summed E-state index contributed by atoms with van der Waals surface area (Å²) in [6.45, 7) is 0. The Morgan fingerprint density at radius 1 is 0.500 bits per heavy atom. The van der Waals surface area contributed by atoms with E-state index < -0.39 is 0 Å². The zero-order chi connectivity index (χ0) is 25.1. The highest BCUT2D eigenvalue weighted by Gasteiger charge is 2.15. The molecule has 0 unspecified atom stereocenters. The van der Waals surface area contributed by atoms with Crippen molar-refractivity contribution in [1.29, 1.82) is 0 Å². The van der Waals surface area contributed by atoms with E-state index in [1.54, 1.807) is 0 Å². The molecular weight excluding hydrogens is 466 g/mol. The molecule has 8 aromatic rings. The van der Waals surface area contributed by atoms with Crippen LogP contribution in [0.3, 0.4) is 0 Å². The molecule has 5 heterocycles. The number of benzene rings is 3. The van der Waals surface area contributed by atoms with E-state index in [9.17, 15) is 0 Å². The van der Waals surface area contributed by atoms with Gasteiger partial charge in [0.15, 0.2) is 5.65 Å². The second kappa shape index (κ2) is 8.11. The monoisotopic (exact) mass is 487 g/mol. The molecule has 5 nitrogen and oxygen atoms in total. The van der Waals surface area contributed by atoms with Crippen molar-refractivity contribution in [2.75, 3.05) is 0 Å². The molecule has 0 bridgehead atoms. The van der Waals surface area contributed by atoms with Crippen LogP contribution >= 0.6 is 0 Å². The Bertz CT molecular complexity index is 2140. The highest BCUT2D eigenvalue weighted by atomic mass is 15.1. The van der Waals surface area contributed by atoms with Crippen LogP contribution in [0.4, 0.5) is 0 Å². The lowest BCUT2D eigenvalue weighted by Gasteiger charge is -2.10. The topological polar surface area (TPSA) is 47.5 Å². The first-order chi connectivity index (χ1) is 18.8. The minimum absolute atomic E-state index is 0.868. The van der Waals surface area contributed by atoms with Crippen LogP contribution in [0.1, 0.15) is 0 Å². The number of aromatic nitrogens is 5. The standard InChI is InChI=1S/C33H21N5/c1-2-9-22(10-3-1)28-21-37-18-16-24(20-30(37)34-28)23-11-8-12-25(19-23)31-26-13-4-5-14-27(26)32-33(36-31)38-17-7-6-15-29(38)35-32/h1-21H. The first-order valence-electron chi connectivity index (χ1n) is 12.6. The van der Waals surface area contributed by atoms with Gasteiger partial charge >= 0.3 is 0 Å². The average molecular weight is 488 g/mol. The number of nitrogens with zero attached hydrogens (tertiary/aromatic N) is 5. The van der Waals surface area contributed by atoms with E-state index in [0.717, 1.165) is 66.9 Å². The van der Waals surface area contributed by atoms with E-state index in [0.29, 0.717) is 0 Å². The smallest absolute Gasteiger partial charge is 0.165 e. The van der Waals surface area contributed by atoms with Gasteiger partial charge in [0.1, 0.15) is 16.8 Å². The van der Waals surface area contributed by atoms with Crippen molar-refractivity contribution in [3.05, 3.63) is 128 Å². The van der Waals surface area contributed by atoms with Gasteiger partial charge in [0.25, 0.3) is 0 Å². The molecule has 0 aliphatic carbocycles. The summed E-state index contributed by atoms with van der Waals surface area (Å²) < 4.78 is 4.13. The highest BCUT2D eigenvalue weighted by Crippen LogP contribution is 2.34. The van der Waals surface area contributed by atoms with Crippen LogP contribution in [0, 0.1) is 0 Å². The lowest BCUT2D eigenvalue weighted by molar-refractivity contribution is 1.19. The van der Waals surface area contributed by atoms with E-state index in [-0.39, 0.29) is 0 Å². The molecular formula is C33H21N5.